The lowest BCUT2D eigenvalue weighted by atomic mass is 10.2. The normalized spacial score (nSPS) is 10.9. The molecule has 0 aliphatic heterocycles. The van der Waals surface area contributed by atoms with Gasteiger partial charge < -0.3 is 14.2 Å². The number of hydrogen-bond donors (Lipinski definition) is 1. The number of hydrazone groups is 1. The van der Waals surface area contributed by atoms with Crippen molar-refractivity contribution in [3.63, 3.8) is 0 Å². The topological polar surface area (TPSA) is 99.1 Å². The lowest BCUT2D eigenvalue weighted by molar-refractivity contribution is -0.118. The molecule has 1 N–H and O–H groups in total. The predicted molar refractivity (Wildman–Crippen MR) is 137 cm³/mol. The van der Waals surface area contributed by atoms with E-state index in [1.165, 1.54) is 25.1 Å². The van der Waals surface area contributed by atoms with E-state index in [4.69, 9.17) is 14.2 Å². The summed E-state index contributed by atoms with van der Waals surface area (Å²) in [6, 6.07) is 19.4. The number of para-hydroxylation sites is 1. The molecule has 0 saturated heterocycles. The average molecular weight is 508 g/mol. The number of amides is 1. The van der Waals surface area contributed by atoms with Crippen LogP contribution in [0.1, 0.15) is 15.9 Å². The van der Waals surface area contributed by atoms with E-state index in [0.717, 1.165) is 14.6 Å². The third-order valence-corrected chi connectivity index (χ3v) is 6.90. The van der Waals surface area contributed by atoms with E-state index < -0.39 is 5.97 Å². The number of carbonyl (C=O) groups is 2. The van der Waals surface area contributed by atoms with Gasteiger partial charge in [-0.25, -0.2) is 15.2 Å². The molecule has 0 unspecified atom stereocenters. The summed E-state index contributed by atoms with van der Waals surface area (Å²) < 4.78 is 17.8. The van der Waals surface area contributed by atoms with E-state index in [-0.39, 0.29) is 17.4 Å². The van der Waals surface area contributed by atoms with Gasteiger partial charge in [0, 0.05) is 0 Å². The highest BCUT2D eigenvalue weighted by atomic mass is 32.2. The van der Waals surface area contributed by atoms with Crippen molar-refractivity contribution < 1.29 is 23.8 Å². The van der Waals surface area contributed by atoms with E-state index in [0.29, 0.717) is 22.6 Å². The fourth-order valence-corrected chi connectivity index (χ4v) is 4.85. The molecule has 1 aromatic heterocycles. The highest BCUT2D eigenvalue weighted by Gasteiger charge is 2.13. The molecule has 0 aliphatic carbocycles. The first-order chi connectivity index (χ1) is 17.1. The number of benzene rings is 3. The van der Waals surface area contributed by atoms with E-state index in [1.54, 1.807) is 60.9 Å². The molecule has 0 radical (unpaired) electrons. The third kappa shape index (κ3) is 6.37. The van der Waals surface area contributed by atoms with E-state index in [2.05, 4.69) is 15.5 Å². The number of fused-ring (bicyclic) bond motifs is 1. The first-order valence-electron chi connectivity index (χ1n) is 10.4. The van der Waals surface area contributed by atoms with Gasteiger partial charge >= 0.3 is 5.97 Å². The molecular formula is C25H21N3O5S2. The second kappa shape index (κ2) is 11.5. The largest absolute Gasteiger partial charge is 0.497 e. The number of thioether (sulfide) groups is 1. The van der Waals surface area contributed by atoms with Crippen LogP contribution in [0, 0.1) is 0 Å². The van der Waals surface area contributed by atoms with Crippen molar-refractivity contribution in [1.82, 2.24) is 10.4 Å². The molecule has 0 saturated carbocycles. The lowest BCUT2D eigenvalue weighted by Gasteiger charge is -2.10. The molecule has 0 fully saturated rings. The van der Waals surface area contributed by atoms with Crippen LogP contribution in [0.5, 0.6) is 17.2 Å². The summed E-state index contributed by atoms with van der Waals surface area (Å²) >= 11 is 2.90. The van der Waals surface area contributed by atoms with Crippen LogP contribution >= 0.6 is 23.1 Å². The molecule has 4 aromatic rings. The fraction of sp³-hybridized carbons (Fsp3) is 0.120. The zero-order chi connectivity index (χ0) is 24.6. The van der Waals surface area contributed by atoms with Gasteiger partial charge in [-0.2, -0.15) is 5.10 Å². The smallest absolute Gasteiger partial charge is 0.343 e. The number of methoxy groups -OCH3 is 2. The van der Waals surface area contributed by atoms with Gasteiger partial charge in [0.1, 0.15) is 5.75 Å². The Morgan fingerprint density at radius 1 is 1.03 bits per heavy atom. The van der Waals surface area contributed by atoms with Crippen molar-refractivity contribution in [3.05, 3.63) is 77.9 Å². The molecule has 8 nitrogen and oxygen atoms in total. The molecular weight excluding hydrogens is 486 g/mol. The summed E-state index contributed by atoms with van der Waals surface area (Å²) in [7, 11) is 3.03. The Labute approximate surface area is 209 Å². The monoisotopic (exact) mass is 507 g/mol. The van der Waals surface area contributed by atoms with E-state index >= 15 is 0 Å². The number of nitrogens with zero attached hydrogens (tertiary/aromatic N) is 2. The van der Waals surface area contributed by atoms with Gasteiger partial charge in [-0.1, -0.05) is 23.9 Å². The van der Waals surface area contributed by atoms with Crippen LogP contribution < -0.4 is 19.6 Å². The second-order valence-corrected chi connectivity index (χ2v) is 9.31. The number of carbonyl (C=O) groups excluding carboxylic acids is 2. The zero-order valence-corrected chi connectivity index (χ0v) is 20.5. The standard InChI is InChI=1S/C25H21N3O5S2/c1-31-18-10-8-17(9-11-18)24(30)33-21-13-16(7-12-20(21)32-2)14-26-28-23(29)15-34-25-27-19-5-3-4-6-22(19)35-25/h3-14H,15H2,1-2H3,(H,28,29)/b26-14-. The SMILES string of the molecule is COc1ccc(C(=O)Oc2cc(/C=N\NC(=O)CSc3nc4ccccc4s3)ccc2OC)cc1. The van der Waals surface area contributed by atoms with Crippen molar-refractivity contribution in [1.29, 1.82) is 0 Å². The Morgan fingerprint density at radius 3 is 2.57 bits per heavy atom. The Morgan fingerprint density at radius 2 is 1.83 bits per heavy atom. The van der Waals surface area contributed by atoms with Crippen LogP contribution in [-0.4, -0.2) is 43.0 Å². The molecule has 0 bridgehead atoms. The molecule has 0 spiro atoms. The third-order valence-electron chi connectivity index (χ3n) is 4.72. The van der Waals surface area contributed by atoms with Gasteiger partial charge in [-0.05, 0) is 60.2 Å². The fourth-order valence-electron chi connectivity index (χ4n) is 2.99. The van der Waals surface area contributed by atoms with Gasteiger partial charge in [0.25, 0.3) is 5.91 Å². The maximum Gasteiger partial charge on any atom is 0.343 e. The van der Waals surface area contributed by atoms with Gasteiger partial charge in [-0.3, -0.25) is 4.79 Å². The van der Waals surface area contributed by atoms with E-state index in [9.17, 15) is 9.59 Å². The molecule has 1 heterocycles. The van der Waals surface area contributed by atoms with Crippen molar-refractivity contribution in [3.8, 4) is 17.2 Å². The Balaban J connectivity index is 1.34. The van der Waals surface area contributed by atoms with Crippen molar-refractivity contribution >= 4 is 51.4 Å². The van der Waals surface area contributed by atoms with Gasteiger partial charge in [0.2, 0.25) is 0 Å². The van der Waals surface area contributed by atoms with Gasteiger partial charge in [0.15, 0.2) is 15.8 Å². The summed E-state index contributed by atoms with van der Waals surface area (Å²) in [5, 5.41) is 4.00. The molecule has 178 valence electrons. The Hall–Kier alpha value is -3.89. The highest BCUT2D eigenvalue weighted by Crippen LogP contribution is 2.30. The molecule has 0 aliphatic rings. The first-order valence-corrected chi connectivity index (χ1v) is 12.2. The van der Waals surface area contributed by atoms with Crippen LogP contribution in [0.15, 0.2) is 76.2 Å². The zero-order valence-electron chi connectivity index (χ0n) is 18.9. The van der Waals surface area contributed by atoms with Crippen molar-refractivity contribution in [2.45, 2.75) is 4.34 Å². The summed E-state index contributed by atoms with van der Waals surface area (Å²) in [6.07, 6.45) is 1.46. The molecule has 1 amide bonds. The number of esters is 1. The number of thiazole rings is 1. The van der Waals surface area contributed by atoms with E-state index in [1.807, 2.05) is 24.3 Å². The minimum Gasteiger partial charge on any atom is -0.497 e. The average Bonchev–Trinajstić information content (AvgIpc) is 3.31. The number of rotatable bonds is 9. The second-order valence-electron chi connectivity index (χ2n) is 7.06. The maximum absolute atomic E-state index is 12.5. The van der Waals surface area contributed by atoms with Crippen LogP contribution in [0.3, 0.4) is 0 Å². The highest BCUT2D eigenvalue weighted by molar-refractivity contribution is 8.01. The minimum absolute atomic E-state index is 0.185. The number of nitrogens with one attached hydrogen (secondary N) is 1. The van der Waals surface area contributed by atoms with Crippen LogP contribution in [0.2, 0.25) is 0 Å². The summed E-state index contributed by atoms with van der Waals surface area (Å²) in [5.74, 6) is 0.642. The first kappa shape index (κ1) is 24.2. The van der Waals surface area contributed by atoms with Crippen molar-refractivity contribution in [2.75, 3.05) is 20.0 Å². The molecule has 0 atom stereocenters. The van der Waals surface area contributed by atoms with Gasteiger partial charge in [0.05, 0.1) is 42.0 Å². The quantitative estimate of drug-likeness (QED) is 0.114. The summed E-state index contributed by atoms with van der Waals surface area (Å²) in [5.41, 5.74) is 4.39. The molecule has 10 heteroatoms. The predicted octanol–water partition coefficient (Wildman–Crippen LogP) is 4.78. The Kier molecular flexibility index (Phi) is 7.96. The number of ether oxygens (including phenoxy) is 3. The molecule has 4 rings (SSSR count). The van der Waals surface area contributed by atoms with Gasteiger partial charge in [-0.15, -0.1) is 11.3 Å². The lowest BCUT2D eigenvalue weighted by Crippen LogP contribution is -2.19. The Bertz CT molecular complexity index is 1340. The molecule has 3 aromatic carbocycles. The summed E-state index contributed by atoms with van der Waals surface area (Å²) in [6.45, 7) is 0. The number of hydrogen-bond acceptors (Lipinski definition) is 9. The molecule has 35 heavy (non-hydrogen) atoms. The van der Waals surface area contributed by atoms with Crippen LogP contribution in [0.25, 0.3) is 10.2 Å². The van der Waals surface area contributed by atoms with Crippen molar-refractivity contribution in [2.24, 2.45) is 5.10 Å². The van der Waals surface area contributed by atoms with Crippen LogP contribution in [-0.2, 0) is 4.79 Å². The summed E-state index contributed by atoms with van der Waals surface area (Å²) in [4.78, 5) is 29.2. The number of aromatic nitrogens is 1. The maximum atomic E-state index is 12.5. The minimum atomic E-state index is -0.541. The van der Waals surface area contributed by atoms with Crippen LogP contribution in [0.4, 0.5) is 0 Å².